The lowest BCUT2D eigenvalue weighted by molar-refractivity contribution is -0.192. The molecule has 0 saturated carbocycles. The second-order valence-electron chi connectivity index (χ2n) is 10.3. The number of hydrogen-bond donors (Lipinski definition) is 5. The van der Waals surface area contributed by atoms with Crippen LogP contribution in [0.25, 0.3) is 12.2 Å². The predicted octanol–water partition coefficient (Wildman–Crippen LogP) is 2.38. The Kier molecular flexibility index (Phi) is 8.26. The number of nitrogens with zero attached hydrogens (tertiary/aromatic N) is 1. The van der Waals surface area contributed by atoms with Gasteiger partial charge in [0.25, 0.3) is 11.1 Å². The van der Waals surface area contributed by atoms with Crippen molar-refractivity contribution >= 4 is 18.1 Å². The van der Waals surface area contributed by atoms with Crippen molar-refractivity contribution in [3.8, 4) is 5.75 Å². The van der Waals surface area contributed by atoms with Gasteiger partial charge in [0.2, 0.25) is 0 Å². The molecule has 5 N–H and O–H groups in total. The number of nitrogens with one attached hydrogen (secondary N) is 3. The lowest BCUT2D eigenvalue weighted by Crippen LogP contribution is -2.46. The first-order valence-corrected chi connectivity index (χ1v) is 11.0. The normalized spacial score (nSPS) is 13.3. The first-order valence-electron chi connectivity index (χ1n) is 11.0. The minimum absolute atomic E-state index is 0.0326. The second kappa shape index (κ2) is 10.5. The highest BCUT2D eigenvalue weighted by atomic mass is 19.4. The third-order valence-corrected chi connectivity index (χ3v) is 5.12. The van der Waals surface area contributed by atoms with Crippen LogP contribution >= 0.6 is 0 Å². The summed E-state index contributed by atoms with van der Waals surface area (Å²) in [5.41, 5.74) is 1.69. The fourth-order valence-corrected chi connectivity index (χ4v) is 3.14. The molecule has 200 valence electrons. The zero-order valence-electron chi connectivity index (χ0n) is 21.2. The number of phenols is 1. The van der Waals surface area contributed by atoms with Gasteiger partial charge < -0.3 is 25.2 Å². The quantitative estimate of drug-likeness (QED) is 0.349. The Bertz CT molecular complexity index is 1520. The van der Waals surface area contributed by atoms with E-state index >= 15 is 0 Å². The van der Waals surface area contributed by atoms with E-state index in [9.17, 15) is 27.9 Å². The molecule has 2 aromatic heterocycles. The van der Waals surface area contributed by atoms with Gasteiger partial charge in [0.15, 0.2) is 0 Å². The van der Waals surface area contributed by atoms with Crippen molar-refractivity contribution in [2.45, 2.75) is 58.5 Å². The number of aromatic hydroxyl groups is 1. The number of carbonyl (C=O) groups is 1. The number of aromatic amines is 3. The summed E-state index contributed by atoms with van der Waals surface area (Å²) in [5.74, 6) is -2.72. The first-order chi connectivity index (χ1) is 16.8. The molecule has 0 aliphatic rings. The molecule has 0 unspecified atom stereocenters. The third-order valence-electron chi connectivity index (χ3n) is 5.12. The number of aromatic nitrogens is 4. The number of rotatable bonds is 2. The lowest BCUT2D eigenvalue weighted by Gasteiger charge is -2.19. The molecule has 1 aromatic carbocycles. The largest absolute Gasteiger partial charge is 0.507 e. The molecule has 0 saturated heterocycles. The van der Waals surface area contributed by atoms with Gasteiger partial charge in [-0.1, -0.05) is 47.6 Å². The van der Waals surface area contributed by atoms with Gasteiger partial charge in [-0.05, 0) is 35.3 Å². The number of benzene rings is 1. The van der Waals surface area contributed by atoms with Crippen molar-refractivity contribution < 1.29 is 28.2 Å². The van der Waals surface area contributed by atoms with Crippen molar-refractivity contribution in [2.75, 3.05) is 0 Å². The van der Waals surface area contributed by atoms with Gasteiger partial charge in [-0.2, -0.15) is 13.2 Å². The van der Waals surface area contributed by atoms with E-state index in [1.54, 1.807) is 18.5 Å². The molecule has 2 heterocycles. The molecular weight excluding hydrogens is 493 g/mol. The van der Waals surface area contributed by atoms with E-state index in [1.807, 2.05) is 32.9 Å². The summed E-state index contributed by atoms with van der Waals surface area (Å²) >= 11 is 0. The van der Waals surface area contributed by atoms with Crippen LogP contribution in [0.3, 0.4) is 0 Å². The Morgan fingerprint density at radius 1 is 0.919 bits per heavy atom. The number of imidazole rings is 1. The van der Waals surface area contributed by atoms with Crippen LogP contribution in [0.5, 0.6) is 5.75 Å². The maximum atomic E-state index is 12.6. The highest BCUT2D eigenvalue weighted by Gasteiger charge is 2.38. The SMILES string of the molecule is CC(C)(C)c1ccc(O)c(/C=c2\[nH]c(=O)/c(=C/c3nc[nH]c3C(C)(C)C)[nH]c2=O)c1.O=C(O)C(F)(F)F. The van der Waals surface area contributed by atoms with Gasteiger partial charge in [0.1, 0.15) is 16.4 Å². The Labute approximate surface area is 209 Å². The zero-order valence-corrected chi connectivity index (χ0v) is 21.2. The van der Waals surface area contributed by atoms with Crippen LogP contribution in [-0.4, -0.2) is 42.3 Å². The fraction of sp³-hybridized carbons (Fsp3) is 0.360. The average Bonchev–Trinajstić information content (AvgIpc) is 3.21. The van der Waals surface area contributed by atoms with Crippen LogP contribution in [0.4, 0.5) is 13.2 Å². The lowest BCUT2D eigenvalue weighted by atomic mass is 9.86. The molecule has 0 amide bonds. The summed E-state index contributed by atoms with van der Waals surface area (Å²) in [6, 6.07) is 5.24. The first kappa shape index (κ1) is 29.1. The monoisotopic (exact) mass is 522 g/mol. The number of halogens is 3. The van der Waals surface area contributed by atoms with Gasteiger partial charge in [-0.25, -0.2) is 9.78 Å². The number of phenolic OH excluding ortho intramolecular Hbond substituents is 1. The summed E-state index contributed by atoms with van der Waals surface area (Å²) < 4.78 is 31.7. The molecule has 0 aliphatic heterocycles. The minimum atomic E-state index is -5.08. The van der Waals surface area contributed by atoms with Gasteiger partial charge in [0.05, 0.1) is 12.0 Å². The predicted molar refractivity (Wildman–Crippen MR) is 132 cm³/mol. The van der Waals surface area contributed by atoms with E-state index in [0.717, 1.165) is 11.3 Å². The van der Waals surface area contributed by atoms with E-state index in [-0.39, 0.29) is 27.3 Å². The third kappa shape index (κ3) is 7.69. The Balaban J connectivity index is 0.000000604. The van der Waals surface area contributed by atoms with Gasteiger partial charge in [0, 0.05) is 16.7 Å². The molecule has 0 bridgehead atoms. The number of alkyl halides is 3. The van der Waals surface area contributed by atoms with Gasteiger partial charge in [-0.15, -0.1) is 0 Å². The molecular formula is C25H29F3N4O5. The summed E-state index contributed by atoms with van der Waals surface area (Å²) in [4.78, 5) is 46.7. The second-order valence-corrected chi connectivity index (χ2v) is 10.3. The van der Waals surface area contributed by atoms with E-state index in [2.05, 4.69) is 40.7 Å². The summed E-state index contributed by atoms with van der Waals surface area (Å²) in [5, 5.41) is 17.5. The topological polar surface area (TPSA) is 152 Å². The Morgan fingerprint density at radius 2 is 1.43 bits per heavy atom. The molecule has 0 aliphatic carbocycles. The zero-order chi connectivity index (χ0) is 28.3. The van der Waals surface area contributed by atoms with E-state index < -0.39 is 23.3 Å². The van der Waals surface area contributed by atoms with Crippen LogP contribution in [0.1, 0.15) is 64.1 Å². The number of aliphatic carboxylic acids is 1. The molecule has 9 nitrogen and oxygen atoms in total. The highest BCUT2D eigenvalue weighted by Crippen LogP contribution is 2.27. The highest BCUT2D eigenvalue weighted by molar-refractivity contribution is 5.73. The number of carboxylic acids is 1. The molecule has 0 fully saturated rings. The van der Waals surface area contributed by atoms with Crippen molar-refractivity contribution in [2.24, 2.45) is 0 Å². The van der Waals surface area contributed by atoms with E-state index in [4.69, 9.17) is 9.90 Å². The number of carboxylic acid groups (broad SMARTS) is 1. The number of H-pyrrole nitrogens is 3. The summed E-state index contributed by atoms with van der Waals surface area (Å²) in [6.07, 6.45) is -0.492. The van der Waals surface area contributed by atoms with Crippen LogP contribution < -0.4 is 21.8 Å². The molecule has 0 spiro atoms. The van der Waals surface area contributed by atoms with Crippen LogP contribution in [0, 0.1) is 0 Å². The summed E-state index contributed by atoms with van der Waals surface area (Å²) in [7, 11) is 0. The van der Waals surface area contributed by atoms with Gasteiger partial charge in [-0.3, -0.25) is 9.59 Å². The molecule has 3 aromatic rings. The van der Waals surface area contributed by atoms with Gasteiger partial charge >= 0.3 is 12.1 Å². The minimum Gasteiger partial charge on any atom is -0.507 e. The molecule has 3 rings (SSSR count). The maximum Gasteiger partial charge on any atom is 0.490 e. The standard InChI is InChI=1S/C23H28N4O3.C2HF3O2/c1-22(2,3)14-7-8-18(28)13(9-14)10-16-20(29)27-17(21(30)26-16)11-15-19(23(4,5)6)25-12-24-15;3-2(4,5)1(6)7/h7-12,28H,1-6H3,(H,24,25)(H,26,30)(H,27,29);(H,6,7)/b16-10-,17-11-;. The van der Waals surface area contributed by atoms with E-state index in [1.165, 1.54) is 6.08 Å². The fourth-order valence-electron chi connectivity index (χ4n) is 3.14. The molecule has 12 heteroatoms. The van der Waals surface area contributed by atoms with Crippen molar-refractivity contribution in [1.82, 2.24) is 19.9 Å². The number of hydrogen-bond acceptors (Lipinski definition) is 5. The molecule has 0 radical (unpaired) electrons. The molecule has 37 heavy (non-hydrogen) atoms. The Morgan fingerprint density at radius 3 is 1.89 bits per heavy atom. The Hall–Kier alpha value is -4.09. The van der Waals surface area contributed by atoms with Crippen LogP contribution in [0.15, 0.2) is 34.1 Å². The van der Waals surface area contributed by atoms with Crippen LogP contribution in [-0.2, 0) is 15.6 Å². The van der Waals surface area contributed by atoms with Crippen molar-refractivity contribution in [3.05, 3.63) is 78.4 Å². The average molecular weight is 523 g/mol. The summed E-state index contributed by atoms with van der Waals surface area (Å²) in [6.45, 7) is 12.3. The van der Waals surface area contributed by atoms with Crippen molar-refractivity contribution in [1.29, 1.82) is 0 Å². The van der Waals surface area contributed by atoms with E-state index in [0.29, 0.717) is 11.3 Å². The smallest absolute Gasteiger partial charge is 0.490 e. The molecule has 0 atom stereocenters. The van der Waals surface area contributed by atoms with Crippen molar-refractivity contribution in [3.63, 3.8) is 0 Å². The maximum absolute atomic E-state index is 12.6. The van der Waals surface area contributed by atoms with Crippen LogP contribution in [0.2, 0.25) is 0 Å².